The van der Waals surface area contributed by atoms with Crippen LogP contribution in [0.3, 0.4) is 0 Å². The van der Waals surface area contributed by atoms with Crippen molar-refractivity contribution in [2.75, 3.05) is 18.0 Å². The van der Waals surface area contributed by atoms with Crippen LogP contribution in [0.4, 0.5) is 23.8 Å². The van der Waals surface area contributed by atoms with Gasteiger partial charge in [-0.2, -0.15) is 13.2 Å². The van der Waals surface area contributed by atoms with E-state index in [1.807, 2.05) is 20.8 Å². The molecule has 1 saturated carbocycles. The summed E-state index contributed by atoms with van der Waals surface area (Å²) in [5, 5.41) is 3.62. The molecule has 0 aromatic carbocycles. The quantitative estimate of drug-likeness (QED) is 0.705. The standard InChI is InChI=1S/C21H27F3N4O2S/c1-12-25-16(15-7-14(10-21(22,23)24)31-17(15)26-12)28-6-5-20(11-28)8-13(9-20)27-18(29)30-19(2,3)4/h7,13H,5-6,8-11H2,1-4H3,(H,27,29). The number of rotatable bonds is 3. The van der Waals surface area contributed by atoms with Crippen molar-refractivity contribution in [1.82, 2.24) is 15.3 Å². The predicted molar refractivity (Wildman–Crippen MR) is 114 cm³/mol. The first kappa shape index (κ1) is 22.1. The van der Waals surface area contributed by atoms with Gasteiger partial charge in [-0.3, -0.25) is 0 Å². The number of aromatic nitrogens is 2. The van der Waals surface area contributed by atoms with E-state index < -0.39 is 24.3 Å². The fraction of sp³-hybridized carbons (Fsp3) is 0.667. The van der Waals surface area contributed by atoms with Crippen LogP contribution in [-0.4, -0.2) is 47.0 Å². The number of halogens is 3. The van der Waals surface area contributed by atoms with Gasteiger partial charge in [0.2, 0.25) is 0 Å². The maximum atomic E-state index is 12.8. The van der Waals surface area contributed by atoms with Crippen LogP contribution in [-0.2, 0) is 11.2 Å². The van der Waals surface area contributed by atoms with Gasteiger partial charge in [-0.05, 0) is 58.4 Å². The summed E-state index contributed by atoms with van der Waals surface area (Å²) in [7, 11) is 0. The molecule has 1 N–H and O–H groups in total. The first-order valence-electron chi connectivity index (χ1n) is 10.4. The van der Waals surface area contributed by atoms with Gasteiger partial charge in [-0.15, -0.1) is 11.3 Å². The Bertz CT molecular complexity index is 993. The summed E-state index contributed by atoms with van der Waals surface area (Å²) in [6, 6.07) is 1.67. The number of hydrogen-bond donors (Lipinski definition) is 1. The third kappa shape index (κ3) is 5.05. The zero-order valence-electron chi connectivity index (χ0n) is 18.1. The second-order valence-corrected chi connectivity index (χ2v) is 10.9. The van der Waals surface area contributed by atoms with Gasteiger partial charge < -0.3 is 15.0 Å². The summed E-state index contributed by atoms with van der Waals surface area (Å²) in [5.41, 5.74) is -0.437. The number of ether oxygens (including phenoxy) is 1. The van der Waals surface area contributed by atoms with Crippen LogP contribution in [0.15, 0.2) is 6.07 Å². The average Bonchev–Trinajstić information content (AvgIpc) is 3.14. The van der Waals surface area contributed by atoms with Gasteiger partial charge in [0.15, 0.2) is 0 Å². The number of nitrogens with zero attached hydrogens (tertiary/aromatic N) is 3. The summed E-state index contributed by atoms with van der Waals surface area (Å²) < 4.78 is 43.9. The van der Waals surface area contributed by atoms with Crippen molar-refractivity contribution in [3.63, 3.8) is 0 Å². The Morgan fingerprint density at radius 3 is 2.68 bits per heavy atom. The molecule has 0 bridgehead atoms. The average molecular weight is 457 g/mol. The Balaban J connectivity index is 1.44. The van der Waals surface area contributed by atoms with E-state index in [9.17, 15) is 18.0 Å². The number of carbonyl (C=O) groups excluding carboxylic acids is 1. The first-order chi connectivity index (χ1) is 14.3. The molecule has 2 aromatic rings. The van der Waals surface area contributed by atoms with Crippen LogP contribution in [0.2, 0.25) is 0 Å². The number of alkyl halides is 3. The predicted octanol–water partition coefficient (Wildman–Crippen LogP) is 4.99. The molecule has 2 aliphatic rings. The van der Waals surface area contributed by atoms with E-state index >= 15 is 0 Å². The van der Waals surface area contributed by atoms with E-state index in [-0.39, 0.29) is 16.3 Å². The number of nitrogens with one attached hydrogen (secondary N) is 1. The normalized spacial score (nSPS) is 24.0. The molecule has 2 fully saturated rings. The molecule has 1 amide bonds. The van der Waals surface area contributed by atoms with Gasteiger partial charge in [0.25, 0.3) is 0 Å². The van der Waals surface area contributed by atoms with E-state index in [1.54, 1.807) is 13.0 Å². The van der Waals surface area contributed by atoms with Crippen molar-refractivity contribution in [3.05, 3.63) is 16.8 Å². The minimum absolute atomic E-state index is 0.0847. The summed E-state index contributed by atoms with van der Waals surface area (Å²) >= 11 is 1.08. The molecule has 1 aliphatic heterocycles. The van der Waals surface area contributed by atoms with Crippen molar-refractivity contribution in [2.24, 2.45) is 5.41 Å². The second kappa shape index (κ2) is 7.50. The maximum Gasteiger partial charge on any atom is 0.407 e. The molecule has 4 rings (SSSR count). The highest BCUT2D eigenvalue weighted by atomic mass is 32.1. The number of alkyl carbamates (subject to hydrolysis) is 1. The van der Waals surface area contributed by atoms with Crippen LogP contribution in [0.5, 0.6) is 0 Å². The SMILES string of the molecule is Cc1nc(N2CCC3(CC(NC(=O)OC(C)(C)C)C3)C2)c2cc(CC(F)(F)F)sc2n1. The summed E-state index contributed by atoms with van der Waals surface area (Å²) in [4.78, 5) is 23.9. The molecule has 170 valence electrons. The van der Waals surface area contributed by atoms with Gasteiger partial charge in [0.1, 0.15) is 22.1 Å². The maximum absolute atomic E-state index is 12.8. The molecule has 3 heterocycles. The number of anilines is 1. The fourth-order valence-corrected chi connectivity index (χ4v) is 5.70. The van der Waals surface area contributed by atoms with Crippen LogP contribution in [0, 0.1) is 12.3 Å². The highest BCUT2D eigenvalue weighted by Gasteiger charge is 2.49. The molecule has 6 nitrogen and oxygen atoms in total. The van der Waals surface area contributed by atoms with E-state index in [0.29, 0.717) is 21.9 Å². The van der Waals surface area contributed by atoms with Crippen molar-refractivity contribution < 1.29 is 22.7 Å². The third-order valence-corrected chi connectivity index (χ3v) is 6.76. The van der Waals surface area contributed by atoms with Gasteiger partial charge in [0, 0.05) is 24.0 Å². The molecule has 0 atom stereocenters. The minimum Gasteiger partial charge on any atom is -0.444 e. The number of carbonyl (C=O) groups is 1. The van der Waals surface area contributed by atoms with Crippen LogP contribution >= 0.6 is 11.3 Å². The lowest BCUT2D eigenvalue weighted by atomic mass is 9.65. The Labute approximate surface area is 183 Å². The molecule has 10 heteroatoms. The van der Waals surface area contributed by atoms with Crippen molar-refractivity contribution in [2.45, 2.75) is 71.2 Å². The molecule has 0 unspecified atom stereocenters. The molecule has 1 aliphatic carbocycles. The smallest absolute Gasteiger partial charge is 0.407 e. The summed E-state index contributed by atoms with van der Waals surface area (Å²) in [6.45, 7) is 8.82. The number of aryl methyl sites for hydroxylation is 1. The van der Waals surface area contributed by atoms with Crippen LogP contribution < -0.4 is 10.2 Å². The number of thiophene rings is 1. The van der Waals surface area contributed by atoms with Gasteiger partial charge in [-0.25, -0.2) is 14.8 Å². The fourth-order valence-electron chi connectivity index (χ4n) is 4.60. The number of hydrogen-bond acceptors (Lipinski definition) is 6. The zero-order valence-corrected chi connectivity index (χ0v) is 18.9. The molecule has 1 saturated heterocycles. The monoisotopic (exact) mass is 456 g/mol. The minimum atomic E-state index is -4.25. The molecule has 1 spiro atoms. The molecule has 2 aromatic heterocycles. The van der Waals surface area contributed by atoms with Gasteiger partial charge >= 0.3 is 12.3 Å². The zero-order chi connectivity index (χ0) is 22.6. The Morgan fingerprint density at radius 2 is 2.03 bits per heavy atom. The summed E-state index contributed by atoms with van der Waals surface area (Å²) in [6.07, 6.45) is -2.91. The van der Waals surface area contributed by atoms with Crippen molar-refractivity contribution in [1.29, 1.82) is 0 Å². The van der Waals surface area contributed by atoms with E-state index in [2.05, 4.69) is 20.2 Å². The molecular weight excluding hydrogens is 429 g/mol. The number of fused-ring (bicyclic) bond motifs is 1. The van der Waals surface area contributed by atoms with Gasteiger partial charge in [-0.1, -0.05) is 0 Å². The van der Waals surface area contributed by atoms with E-state index in [0.717, 1.165) is 43.7 Å². The molecule has 31 heavy (non-hydrogen) atoms. The van der Waals surface area contributed by atoms with E-state index in [4.69, 9.17) is 4.74 Å². The van der Waals surface area contributed by atoms with Gasteiger partial charge in [0.05, 0.1) is 11.8 Å². The third-order valence-electron chi connectivity index (χ3n) is 5.73. The topological polar surface area (TPSA) is 67.4 Å². The highest BCUT2D eigenvalue weighted by molar-refractivity contribution is 7.18. The number of amides is 1. The van der Waals surface area contributed by atoms with Crippen molar-refractivity contribution >= 4 is 33.5 Å². The lowest BCUT2D eigenvalue weighted by Crippen LogP contribution is -2.52. The Morgan fingerprint density at radius 1 is 1.32 bits per heavy atom. The summed E-state index contributed by atoms with van der Waals surface area (Å²) in [5.74, 6) is 1.27. The lowest BCUT2D eigenvalue weighted by molar-refractivity contribution is -0.126. The largest absolute Gasteiger partial charge is 0.444 e. The molecule has 0 radical (unpaired) electrons. The molecular formula is C21H27F3N4O2S. The first-order valence-corrected chi connectivity index (χ1v) is 11.2. The van der Waals surface area contributed by atoms with Crippen LogP contribution in [0.1, 0.15) is 50.7 Å². The Kier molecular flexibility index (Phi) is 5.34. The second-order valence-electron chi connectivity index (χ2n) is 9.74. The van der Waals surface area contributed by atoms with Crippen molar-refractivity contribution in [3.8, 4) is 0 Å². The lowest BCUT2D eigenvalue weighted by Gasteiger charge is -2.45. The highest BCUT2D eigenvalue weighted by Crippen LogP contribution is 2.49. The van der Waals surface area contributed by atoms with Crippen LogP contribution in [0.25, 0.3) is 10.2 Å². The Hall–Kier alpha value is -2.10. The van der Waals surface area contributed by atoms with E-state index in [1.165, 1.54) is 0 Å².